The van der Waals surface area contributed by atoms with Crippen LogP contribution in [0.15, 0.2) is 22.7 Å². The predicted molar refractivity (Wildman–Crippen MR) is 86.6 cm³/mol. The molecule has 0 unspecified atom stereocenters. The molecule has 1 N–H and O–H groups in total. The number of benzene rings is 1. The van der Waals surface area contributed by atoms with Gasteiger partial charge in [-0.25, -0.2) is 0 Å². The maximum atomic E-state index is 6.04. The Morgan fingerprint density at radius 2 is 2.00 bits per heavy atom. The van der Waals surface area contributed by atoms with Crippen molar-refractivity contribution in [2.45, 2.75) is 58.0 Å². The summed E-state index contributed by atoms with van der Waals surface area (Å²) < 4.78 is 1.14. The standard InChI is InChI=1S/C16H23BrClN/c1-2-3-12-4-7-15(8-5-12)19-11-13-10-14(18)6-9-16(13)17/h6,9-10,12,15,19H,2-5,7-8,11H2,1H3. The van der Waals surface area contributed by atoms with Crippen LogP contribution in [0.4, 0.5) is 0 Å². The zero-order valence-corrected chi connectivity index (χ0v) is 13.9. The number of hydrogen-bond acceptors (Lipinski definition) is 1. The van der Waals surface area contributed by atoms with E-state index in [9.17, 15) is 0 Å². The van der Waals surface area contributed by atoms with Gasteiger partial charge in [0, 0.05) is 22.1 Å². The highest BCUT2D eigenvalue weighted by Crippen LogP contribution is 2.28. The molecule has 1 aliphatic carbocycles. The van der Waals surface area contributed by atoms with Crippen LogP contribution < -0.4 is 5.32 Å². The summed E-state index contributed by atoms with van der Waals surface area (Å²) >= 11 is 9.63. The molecule has 1 saturated carbocycles. The molecule has 0 spiro atoms. The molecule has 0 radical (unpaired) electrons. The highest BCUT2D eigenvalue weighted by atomic mass is 79.9. The van der Waals surface area contributed by atoms with E-state index in [0.29, 0.717) is 6.04 Å². The lowest BCUT2D eigenvalue weighted by atomic mass is 9.83. The fourth-order valence-electron chi connectivity index (χ4n) is 3.00. The molecule has 0 aromatic heterocycles. The van der Waals surface area contributed by atoms with Gasteiger partial charge in [0.05, 0.1) is 0 Å². The summed E-state index contributed by atoms with van der Waals surface area (Å²) in [5.41, 5.74) is 1.25. The van der Waals surface area contributed by atoms with Crippen molar-refractivity contribution in [3.63, 3.8) is 0 Å². The van der Waals surface area contributed by atoms with Gasteiger partial charge in [-0.3, -0.25) is 0 Å². The summed E-state index contributed by atoms with van der Waals surface area (Å²) in [6.07, 6.45) is 8.17. The van der Waals surface area contributed by atoms with Crippen molar-refractivity contribution < 1.29 is 0 Å². The van der Waals surface area contributed by atoms with Crippen LogP contribution in [-0.4, -0.2) is 6.04 Å². The lowest BCUT2D eigenvalue weighted by Gasteiger charge is -2.29. The van der Waals surface area contributed by atoms with E-state index in [1.807, 2.05) is 18.2 Å². The van der Waals surface area contributed by atoms with E-state index in [0.717, 1.165) is 22.0 Å². The lowest BCUT2D eigenvalue weighted by molar-refractivity contribution is 0.277. The molecule has 0 heterocycles. The van der Waals surface area contributed by atoms with Gasteiger partial charge in [-0.05, 0) is 55.4 Å². The first-order chi connectivity index (χ1) is 9.19. The van der Waals surface area contributed by atoms with Crippen LogP contribution in [0.3, 0.4) is 0 Å². The van der Waals surface area contributed by atoms with Crippen molar-refractivity contribution in [3.05, 3.63) is 33.3 Å². The van der Waals surface area contributed by atoms with Gasteiger partial charge in [0.25, 0.3) is 0 Å². The fraction of sp³-hybridized carbons (Fsp3) is 0.625. The molecule has 1 aromatic carbocycles. The Kier molecular flexibility index (Phi) is 6.18. The first kappa shape index (κ1) is 15.3. The van der Waals surface area contributed by atoms with Gasteiger partial charge in [-0.2, -0.15) is 0 Å². The fourth-order valence-corrected chi connectivity index (χ4v) is 3.58. The van der Waals surface area contributed by atoms with Crippen LogP contribution in [0, 0.1) is 5.92 Å². The summed E-state index contributed by atoms with van der Waals surface area (Å²) in [6.45, 7) is 3.20. The molecule has 0 aliphatic heterocycles. The van der Waals surface area contributed by atoms with E-state index in [-0.39, 0.29) is 0 Å². The highest BCUT2D eigenvalue weighted by molar-refractivity contribution is 9.10. The average Bonchev–Trinajstić information content (AvgIpc) is 2.42. The first-order valence-electron chi connectivity index (χ1n) is 7.36. The molecule has 0 bridgehead atoms. The molecular weight excluding hydrogens is 322 g/mol. The average molecular weight is 345 g/mol. The Morgan fingerprint density at radius 1 is 1.26 bits per heavy atom. The van der Waals surface area contributed by atoms with E-state index >= 15 is 0 Å². The third-order valence-electron chi connectivity index (χ3n) is 4.13. The van der Waals surface area contributed by atoms with E-state index < -0.39 is 0 Å². The molecule has 0 amide bonds. The second kappa shape index (κ2) is 7.66. The monoisotopic (exact) mass is 343 g/mol. The molecule has 19 heavy (non-hydrogen) atoms. The maximum Gasteiger partial charge on any atom is 0.0410 e. The zero-order chi connectivity index (χ0) is 13.7. The molecule has 0 atom stereocenters. The maximum absolute atomic E-state index is 6.04. The summed E-state index contributed by atoms with van der Waals surface area (Å²) in [4.78, 5) is 0. The van der Waals surface area contributed by atoms with Crippen molar-refractivity contribution in [3.8, 4) is 0 Å². The summed E-state index contributed by atoms with van der Waals surface area (Å²) in [7, 11) is 0. The molecule has 1 aliphatic rings. The van der Waals surface area contributed by atoms with Crippen LogP contribution in [0.1, 0.15) is 51.0 Å². The Morgan fingerprint density at radius 3 is 2.68 bits per heavy atom. The highest BCUT2D eigenvalue weighted by Gasteiger charge is 2.20. The van der Waals surface area contributed by atoms with Crippen molar-refractivity contribution in [1.82, 2.24) is 5.32 Å². The zero-order valence-electron chi connectivity index (χ0n) is 11.6. The van der Waals surface area contributed by atoms with Crippen molar-refractivity contribution in [1.29, 1.82) is 0 Å². The summed E-state index contributed by atoms with van der Waals surface area (Å²) in [5, 5.41) is 4.49. The van der Waals surface area contributed by atoms with Gasteiger partial charge in [0.1, 0.15) is 0 Å². The van der Waals surface area contributed by atoms with Crippen LogP contribution in [-0.2, 0) is 6.54 Å². The Balaban J connectivity index is 1.79. The number of nitrogens with one attached hydrogen (secondary N) is 1. The van der Waals surface area contributed by atoms with Crippen molar-refractivity contribution in [2.75, 3.05) is 0 Å². The van der Waals surface area contributed by atoms with E-state index in [1.165, 1.54) is 44.1 Å². The molecule has 1 nitrogen and oxygen atoms in total. The molecular formula is C16H23BrClN. The number of halogens is 2. The number of rotatable bonds is 5. The SMILES string of the molecule is CCCC1CCC(NCc2cc(Cl)ccc2Br)CC1. The third kappa shape index (κ3) is 4.77. The second-order valence-electron chi connectivity index (χ2n) is 5.62. The number of hydrogen-bond donors (Lipinski definition) is 1. The molecule has 0 saturated heterocycles. The molecule has 2 rings (SSSR count). The van der Waals surface area contributed by atoms with Gasteiger partial charge >= 0.3 is 0 Å². The van der Waals surface area contributed by atoms with Gasteiger partial charge in [-0.15, -0.1) is 0 Å². The summed E-state index contributed by atoms with van der Waals surface area (Å²) in [5.74, 6) is 0.973. The van der Waals surface area contributed by atoms with Gasteiger partial charge in [0.2, 0.25) is 0 Å². The quantitative estimate of drug-likeness (QED) is 0.738. The predicted octanol–water partition coefficient (Wildman–Crippen LogP) is 5.55. The Bertz CT molecular complexity index is 400. The Hall–Kier alpha value is -0.0500. The first-order valence-corrected chi connectivity index (χ1v) is 8.53. The van der Waals surface area contributed by atoms with Crippen molar-refractivity contribution in [2.24, 2.45) is 5.92 Å². The molecule has 3 heteroatoms. The van der Waals surface area contributed by atoms with Crippen LogP contribution >= 0.6 is 27.5 Å². The lowest BCUT2D eigenvalue weighted by Crippen LogP contribution is -2.32. The molecule has 1 fully saturated rings. The van der Waals surface area contributed by atoms with Gasteiger partial charge in [-0.1, -0.05) is 47.3 Å². The summed E-state index contributed by atoms with van der Waals surface area (Å²) in [6, 6.07) is 6.67. The largest absolute Gasteiger partial charge is 0.310 e. The van der Waals surface area contributed by atoms with E-state index in [1.54, 1.807) is 0 Å². The minimum atomic E-state index is 0.680. The smallest absolute Gasteiger partial charge is 0.0410 e. The molecule has 1 aromatic rings. The van der Waals surface area contributed by atoms with E-state index in [2.05, 4.69) is 28.2 Å². The third-order valence-corrected chi connectivity index (χ3v) is 5.14. The second-order valence-corrected chi connectivity index (χ2v) is 6.91. The normalized spacial score (nSPS) is 23.5. The minimum absolute atomic E-state index is 0.680. The molecule has 106 valence electrons. The van der Waals surface area contributed by atoms with Gasteiger partial charge in [0.15, 0.2) is 0 Å². The van der Waals surface area contributed by atoms with Crippen molar-refractivity contribution >= 4 is 27.5 Å². The van der Waals surface area contributed by atoms with E-state index in [4.69, 9.17) is 11.6 Å². The van der Waals surface area contributed by atoms with Crippen LogP contribution in [0.25, 0.3) is 0 Å². The topological polar surface area (TPSA) is 12.0 Å². The van der Waals surface area contributed by atoms with Gasteiger partial charge < -0.3 is 5.32 Å². The minimum Gasteiger partial charge on any atom is -0.310 e. The van der Waals surface area contributed by atoms with Crippen LogP contribution in [0.2, 0.25) is 5.02 Å². The Labute approximate surface area is 130 Å². The van der Waals surface area contributed by atoms with Crippen LogP contribution in [0.5, 0.6) is 0 Å².